The number of nitrogen functional groups attached to an aromatic ring is 1. The molecule has 3 aromatic heterocycles. The third-order valence-corrected chi connectivity index (χ3v) is 5.30. The van der Waals surface area contributed by atoms with Gasteiger partial charge >= 0.3 is 0 Å². The van der Waals surface area contributed by atoms with Crippen molar-refractivity contribution in [2.24, 2.45) is 0 Å². The quantitative estimate of drug-likeness (QED) is 0.517. The molecule has 0 spiro atoms. The number of imidazole rings is 1. The van der Waals surface area contributed by atoms with E-state index >= 15 is 0 Å². The normalized spacial score (nSPS) is 12.6. The van der Waals surface area contributed by atoms with E-state index in [1.807, 2.05) is 4.57 Å². The maximum Gasteiger partial charge on any atom is 0.224 e. The van der Waals surface area contributed by atoms with Crippen molar-refractivity contribution in [1.82, 2.24) is 19.5 Å². The van der Waals surface area contributed by atoms with Gasteiger partial charge in [-0.05, 0) is 54.3 Å². The number of aromatic nitrogens is 4. The molecule has 1 aromatic carbocycles. The molecular weight excluding hydrogens is 356 g/mol. The van der Waals surface area contributed by atoms with Gasteiger partial charge in [-0.2, -0.15) is 21.3 Å². The fraction of sp³-hybridized carbons (Fsp3) is 0.250. The molecule has 0 aliphatic carbocycles. The first-order valence-corrected chi connectivity index (χ1v) is 9.86. The maximum absolute atomic E-state index is 5.94. The number of hydrogen-bond acceptors (Lipinski definition) is 6. The second-order valence-electron chi connectivity index (χ2n) is 6.85. The topological polar surface area (TPSA) is 81.7 Å². The molecule has 0 bridgehead atoms. The zero-order valence-corrected chi connectivity index (χ0v) is 16.4. The highest BCUT2D eigenvalue weighted by atomic mass is 32.1. The van der Waals surface area contributed by atoms with E-state index < -0.39 is 0 Å². The molecule has 0 amide bonds. The van der Waals surface area contributed by atoms with E-state index in [2.05, 4.69) is 82.1 Å². The fourth-order valence-electron chi connectivity index (χ4n) is 3.09. The first kappa shape index (κ1) is 17.5. The van der Waals surface area contributed by atoms with Crippen LogP contribution in [-0.2, 0) is 0 Å². The molecule has 3 heterocycles. The van der Waals surface area contributed by atoms with Crippen molar-refractivity contribution in [2.45, 2.75) is 32.9 Å². The van der Waals surface area contributed by atoms with Gasteiger partial charge in [0.2, 0.25) is 5.95 Å². The Morgan fingerprint density at radius 2 is 1.81 bits per heavy atom. The van der Waals surface area contributed by atoms with Crippen molar-refractivity contribution in [3.63, 3.8) is 0 Å². The van der Waals surface area contributed by atoms with Gasteiger partial charge in [0, 0.05) is 6.04 Å². The molecule has 0 radical (unpaired) electrons. The van der Waals surface area contributed by atoms with Gasteiger partial charge in [0.05, 0.1) is 12.4 Å². The molecule has 0 saturated heterocycles. The number of rotatable bonds is 5. The maximum atomic E-state index is 5.94. The predicted octanol–water partition coefficient (Wildman–Crippen LogP) is 4.89. The summed E-state index contributed by atoms with van der Waals surface area (Å²) in [5.41, 5.74) is 11.1. The van der Waals surface area contributed by atoms with Crippen LogP contribution >= 0.6 is 11.3 Å². The Morgan fingerprint density at radius 1 is 1.04 bits per heavy atom. The summed E-state index contributed by atoms with van der Waals surface area (Å²) in [6.45, 7) is 6.28. The molecule has 0 aliphatic rings. The summed E-state index contributed by atoms with van der Waals surface area (Å²) >= 11 is 1.71. The van der Waals surface area contributed by atoms with E-state index in [-0.39, 0.29) is 18.0 Å². The average molecular weight is 379 g/mol. The lowest BCUT2D eigenvalue weighted by molar-refractivity contribution is 0.613. The first-order valence-electron chi connectivity index (χ1n) is 8.92. The first-order chi connectivity index (χ1) is 13.0. The lowest BCUT2D eigenvalue weighted by Gasteiger charge is -2.16. The second kappa shape index (κ2) is 7.00. The van der Waals surface area contributed by atoms with Gasteiger partial charge in [0.25, 0.3) is 0 Å². The molecule has 6 nitrogen and oxygen atoms in total. The minimum atomic E-state index is 0.0585. The summed E-state index contributed by atoms with van der Waals surface area (Å²) in [4.78, 5) is 13.2. The van der Waals surface area contributed by atoms with E-state index in [4.69, 9.17) is 5.73 Å². The molecule has 4 aromatic rings. The Labute approximate surface area is 162 Å². The number of nitrogens with zero attached hydrogens (tertiary/aromatic N) is 4. The Bertz CT molecular complexity index is 1050. The van der Waals surface area contributed by atoms with Crippen LogP contribution < -0.4 is 11.1 Å². The number of benzene rings is 1. The average Bonchev–Trinajstić information content (AvgIpc) is 3.31. The van der Waals surface area contributed by atoms with Gasteiger partial charge in [-0.1, -0.05) is 24.3 Å². The van der Waals surface area contributed by atoms with Gasteiger partial charge in [-0.25, -0.2) is 4.98 Å². The van der Waals surface area contributed by atoms with Crippen molar-refractivity contribution in [1.29, 1.82) is 0 Å². The van der Waals surface area contributed by atoms with Crippen LogP contribution in [0.15, 0.2) is 47.4 Å². The van der Waals surface area contributed by atoms with E-state index in [0.29, 0.717) is 5.82 Å². The zero-order valence-electron chi connectivity index (χ0n) is 15.5. The number of anilines is 2. The fourth-order valence-corrected chi connectivity index (χ4v) is 3.76. The van der Waals surface area contributed by atoms with Gasteiger partial charge < -0.3 is 15.6 Å². The molecule has 4 rings (SSSR count). The van der Waals surface area contributed by atoms with Gasteiger partial charge in [0.1, 0.15) is 0 Å². The monoisotopic (exact) mass is 378 g/mol. The smallest absolute Gasteiger partial charge is 0.224 e. The van der Waals surface area contributed by atoms with Gasteiger partial charge in [0.15, 0.2) is 17.0 Å². The summed E-state index contributed by atoms with van der Waals surface area (Å²) in [6.07, 6.45) is 1.79. The number of nitrogens with one attached hydrogen (secondary N) is 1. The van der Waals surface area contributed by atoms with Crippen molar-refractivity contribution in [3.05, 3.63) is 53.0 Å². The number of nitrogens with two attached hydrogens (primary N) is 1. The molecule has 1 unspecified atom stereocenters. The highest BCUT2D eigenvalue weighted by molar-refractivity contribution is 7.08. The summed E-state index contributed by atoms with van der Waals surface area (Å²) in [5.74, 6) is 0.902. The number of thiophene rings is 1. The van der Waals surface area contributed by atoms with Crippen molar-refractivity contribution in [2.75, 3.05) is 11.1 Å². The van der Waals surface area contributed by atoms with Crippen LogP contribution in [0.4, 0.5) is 11.8 Å². The third kappa shape index (κ3) is 3.38. The van der Waals surface area contributed by atoms with Gasteiger partial charge in [-0.3, -0.25) is 0 Å². The molecule has 0 saturated carbocycles. The van der Waals surface area contributed by atoms with E-state index in [9.17, 15) is 0 Å². The molecule has 27 heavy (non-hydrogen) atoms. The predicted molar refractivity (Wildman–Crippen MR) is 112 cm³/mol. The molecule has 0 fully saturated rings. The van der Waals surface area contributed by atoms with Crippen molar-refractivity contribution < 1.29 is 0 Å². The minimum Gasteiger partial charge on any atom is -0.368 e. The van der Waals surface area contributed by atoms with E-state index in [1.54, 1.807) is 17.7 Å². The summed E-state index contributed by atoms with van der Waals surface area (Å²) < 4.78 is 2.00. The zero-order chi connectivity index (χ0) is 19.0. The highest BCUT2D eigenvalue weighted by Crippen LogP contribution is 2.28. The summed E-state index contributed by atoms with van der Waals surface area (Å²) in [6, 6.07) is 11.0. The van der Waals surface area contributed by atoms with Crippen LogP contribution in [-0.4, -0.2) is 19.5 Å². The Morgan fingerprint density at radius 3 is 2.48 bits per heavy atom. The standard InChI is InChI=1S/C20H22N6S/c1-12(2)26-11-22-17-18(24-20(21)25-19(17)26)23-13(3)14-4-6-15(7-5-14)16-8-9-27-10-16/h4-13H,1-3H3,(H3,21,23,24,25). The highest BCUT2D eigenvalue weighted by Gasteiger charge is 2.16. The van der Waals surface area contributed by atoms with E-state index in [0.717, 1.165) is 11.2 Å². The molecule has 0 aliphatic heterocycles. The molecular formula is C20H22N6S. The van der Waals surface area contributed by atoms with Crippen LogP contribution in [0.1, 0.15) is 38.4 Å². The lowest BCUT2D eigenvalue weighted by atomic mass is 10.0. The third-order valence-electron chi connectivity index (χ3n) is 4.61. The number of fused-ring (bicyclic) bond motifs is 1. The van der Waals surface area contributed by atoms with E-state index in [1.165, 1.54) is 16.7 Å². The lowest BCUT2D eigenvalue weighted by Crippen LogP contribution is -2.11. The molecule has 7 heteroatoms. The summed E-state index contributed by atoms with van der Waals surface area (Å²) in [5, 5.41) is 7.69. The minimum absolute atomic E-state index is 0.0585. The molecule has 1 atom stereocenters. The van der Waals surface area contributed by atoms with Crippen LogP contribution in [0, 0.1) is 0 Å². The molecule has 138 valence electrons. The number of hydrogen-bond donors (Lipinski definition) is 2. The second-order valence-corrected chi connectivity index (χ2v) is 7.63. The van der Waals surface area contributed by atoms with Crippen LogP contribution in [0.3, 0.4) is 0 Å². The van der Waals surface area contributed by atoms with Crippen LogP contribution in [0.5, 0.6) is 0 Å². The SMILES string of the molecule is CC(Nc1nc(N)nc2c1ncn2C(C)C)c1ccc(-c2ccsc2)cc1. The van der Waals surface area contributed by atoms with Crippen molar-refractivity contribution in [3.8, 4) is 11.1 Å². The van der Waals surface area contributed by atoms with Gasteiger partial charge in [-0.15, -0.1) is 0 Å². The Balaban J connectivity index is 1.62. The Hall–Kier alpha value is -2.93. The van der Waals surface area contributed by atoms with Crippen molar-refractivity contribution >= 4 is 34.3 Å². The van der Waals surface area contributed by atoms with Crippen LogP contribution in [0.25, 0.3) is 22.3 Å². The Kier molecular flexibility index (Phi) is 4.53. The largest absolute Gasteiger partial charge is 0.368 e. The molecule has 3 N–H and O–H groups in total. The summed E-state index contributed by atoms with van der Waals surface area (Å²) in [7, 11) is 0. The van der Waals surface area contributed by atoms with Crippen LogP contribution in [0.2, 0.25) is 0 Å².